The molecule has 27 heavy (non-hydrogen) atoms. The molecule has 1 amide bonds. The highest BCUT2D eigenvalue weighted by Gasteiger charge is 2.33. The van der Waals surface area contributed by atoms with Crippen LogP contribution in [0, 0.1) is 0 Å². The fourth-order valence-electron chi connectivity index (χ4n) is 3.19. The van der Waals surface area contributed by atoms with Crippen LogP contribution in [0.5, 0.6) is 11.5 Å². The molecule has 2 aromatic rings. The van der Waals surface area contributed by atoms with Crippen LogP contribution in [0.2, 0.25) is 0 Å². The third kappa shape index (κ3) is 3.45. The summed E-state index contributed by atoms with van der Waals surface area (Å²) in [5, 5.41) is 16.7. The quantitative estimate of drug-likeness (QED) is 0.661. The number of allylic oxidation sites excluding steroid dienone is 1. The van der Waals surface area contributed by atoms with Gasteiger partial charge in [0.15, 0.2) is 17.3 Å². The van der Waals surface area contributed by atoms with Gasteiger partial charge in [0.1, 0.15) is 6.04 Å². The van der Waals surface area contributed by atoms with Gasteiger partial charge >= 0.3 is 0 Å². The molecule has 2 heterocycles. The van der Waals surface area contributed by atoms with Crippen molar-refractivity contribution in [3.63, 3.8) is 0 Å². The number of primary amides is 1. The summed E-state index contributed by atoms with van der Waals surface area (Å²) in [5.74, 6) is 1.68. The van der Waals surface area contributed by atoms with Crippen molar-refractivity contribution >= 4 is 11.9 Å². The maximum atomic E-state index is 12.2. The average Bonchev–Trinajstić information content (AvgIpc) is 3.06. The standard InChI is InChI=1S/C18H23N5O4/c1-10-15(17(19)25)16(11-6-7-12(26-2)13(9-11)27-3)23-18(20-10)21-14(22-23)5-4-8-24/h6-7,9,16,24H,4-5,8H2,1-3H3,(H2,19,25)(H,20,21,22)/t16-/m0/s1. The molecule has 1 aliphatic rings. The Morgan fingerprint density at radius 1 is 1.33 bits per heavy atom. The lowest BCUT2D eigenvalue weighted by molar-refractivity contribution is -0.115. The van der Waals surface area contributed by atoms with E-state index in [4.69, 9.17) is 20.3 Å². The monoisotopic (exact) mass is 373 g/mol. The molecule has 0 unspecified atom stereocenters. The van der Waals surface area contributed by atoms with Crippen LogP contribution in [0.15, 0.2) is 29.5 Å². The van der Waals surface area contributed by atoms with E-state index < -0.39 is 11.9 Å². The minimum atomic E-state index is -0.547. The van der Waals surface area contributed by atoms with Gasteiger partial charge in [0, 0.05) is 18.7 Å². The van der Waals surface area contributed by atoms with Gasteiger partial charge in [0.05, 0.1) is 19.8 Å². The Morgan fingerprint density at radius 3 is 2.70 bits per heavy atom. The van der Waals surface area contributed by atoms with Crippen molar-refractivity contribution in [3.05, 3.63) is 40.9 Å². The second kappa shape index (κ2) is 7.67. The predicted octanol–water partition coefficient (Wildman–Crippen LogP) is 0.994. The zero-order valence-electron chi connectivity index (χ0n) is 15.5. The van der Waals surface area contributed by atoms with Crippen molar-refractivity contribution in [2.45, 2.75) is 25.8 Å². The number of carbonyl (C=O) groups excluding carboxylic acids is 1. The number of nitrogens with two attached hydrogens (primary N) is 1. The number of fused-ring (bicyclic) bond motifs is 1. The van der Waals surface area contributed by atoms with Gasteiger partial charge in [-0.3, -0.25) is 4.79 Å². The highest BCUT2D eigenvalue weighted by Crippen LogP contribution is 2.38. The summed E-state index contributed by atoms with van der Waals surface area (Å²) in [4.78, 5) is 16.7. The Bertz CT molecular complexity index is 890. The zero-order chi connectivity index (χ0) is 19.6. The first-order valence-electron chi connectivity index (χ1n) is 8.56. The van der Waals surface area contributed by atoms with Gasteiger partial charge in [-0.2, -0.15) is 10.1 Å². The SMILES string of the molecule is COc1ccc([C@H]2C(C(N)=O)=C(C)Nc3nc(CCCO)nn32)cc1OC. The maximum absolute atomic E-state index is 12.2. The van der Waals surface area contributed by atoms with E-state index in [0.717, 1.165) is 5.56 Å². The van der Waals surface area contributed by atoms with Crippen LogP contribution in [0.3, 0.4) is 0 Å². The number of rotatable bonds is 7. The predicted molar refractivity (Wildman–Crippen MR) is 98.6 cm³/mol. The minimum absolute atomic E-state index is 0.0558. The van der Waals surface area contributed by atoms with Gasteiger partial charge in [-0.25, -0.2) is 4.68 Å². The van der Waals surface area contributed by atoms with E-state index in [1.54, 1.807) is 38.0 Å². The van der Waals surface area contributed by atoms with Gasteiger partial charge in [0.2, 0.25) is 11.9 Å². The number of aryl methyl sites for hydroxylation is 1. The molecule has 0 bridgehead atoms. The Hall–Kier alpha value is -3.07. The Morgan fingerprint density at radius 2 is 2.07 bits per heavy atom. The Kier molecular flexibility index (Phi) is 5.31. The lowest BCUT2D eigenvalue weighted by atomic mass is 9.95. The lowest BCUT2D eigenvalue weighted by Crippen LogP contribution is -2.31. The molecule has 0 aliphatic carbocycles. The van der Waals surface area contributed by atoms with Crippen molar-refractivity contribution in [2.75, 3.05) is 26.1 Å². The van der Waals surface area contributed by atoms with Crippen molar-refractivity contribution in [1.82, 2.24) is 14.8 Å². The van der Waals surface area contributed by atoms with Crippen LogP contribution >= 0.6 is 0 Å². The van der Waals surface area contributed by atoms with Crippen LogP contribution in [-0.4, -0.2) is 46.6 Å². The van der Waals surface area contributed by atoms with E-state index >= 15 is 0 Å². The molecule has 0 spiro atoms. The molecular weight excluding hydrogens is 350 g/mol. The average molecular weight is 373 g/mol. The molecule has 0 fully saturated rings. The summed E-state index contributed by atoms with van der Waals surface area (Å²) in [6.07, 6.45) is 1.08. The molecule has 0 saturated carbocycles. The number of amides is 1. The number of hydrogen-bond acceptors (Lipinski definition) is 7. The number of anilines is 1. The Labute approximate surface area is 156 Å². The molecular formula is C18H23N5O4. The van der Waals surface area contributed by atoms with Crippen LogP contribution in [0.1, 0.15) is 30.8 Å². The van der Waals surface area contributed by atoms with Crippen molar-refractivity contribution in [1.29, 1.82) is 0 Å². The molecule has 0 radical (unpaired) electrons. The van der Waals surface area contributed by atoms with Crippen LogP contribution < -0.4 is 20.5 Å². The minimum Gasteiger partial charge on any atom is -0.493 e. The number of methoxy groups -OCH3 is 2. The lowest BCUT2D eigenvalue weighted by Gasteiger charge is -2.28. The van der Waals surface area contributed by atoms with Crippen LogP contribution in [-0.2, 0) is 11.2 Å². The number of carbonyl (C=O) groups is 1. The van der Waals surface area contributed by atoms with Crippen molar-refractivity contribution in [3.8, 4) is 11.5 Å². The van der Waals surface area contributed by atoms with Gasteiger partial charge in [0.25, 0.3) is 0 Å². The highest BCUT2D eigenvalue weighted by atomic mass is 16.5. The van der Waals surface area contributed by atoms with Gasteiger partial charge in [-0.15, -0.1) is 0 Å². The molecule has 0 saturated heterocycles. The van der Waals surface area contributed by atoms with E-state index in [0.29, 0.717) is 47.4 Å². The van der Waals surface area contributed by atoms with Crippen molar-refractivity contribution < 1.29 is 19.4 Å². The molecule has 1 aromatic heterocycles. The number of benzene rings is 1. The van der Waals surface area contributed by atoms with Crippen molar-refractivity contribution in [2.24, 2.45) is 5.73 Å². The molecule has 1 atom stereocenters. The highest BCUT2D eigenvalue weighted by molar-refractivity contribution is 5.95. The number of hydrogen-bond donors (Lipinski definition) is 3. The first-order chi connectivity index (χ1) is 13.0. The second-order valence-electron chi connectivity index (χ2n) is 6.17. The number of nitrogens with zero attached hydrogens (tertiary/aromatic N) is 3. The van der Waals surface area contributed by atoms with Crippen LogP contribution in [0.4, 0.5) is 5.95 Å². The summed E-state index contributed by atoms with van der Waals surface area (Å²) in [6.45, 7) is 1.83. The molecule has 3 rings (SSSR count). The third-order valence-electron chi connectivity index (χ3n) is 4.44. The fourth-order valence-corrected chi connectivity index (χ4v) is 3.19. The normalized spacial score (nSPS) is 15.9. The molecule has 144 valence electrons. The largest absolute Gasteiger partial charge is 0.493 e. The van der Waals surface area contributed by atoms with E-state index in [1.807, 2.05) is 6.07 Å². The number of nitrogens with one attached hydrogen (secondary N) is 1. The summed E-state index contributed by atoms with van der Waals surface area (Å²) < 4.78 is 12.3. The smallest absolute Gasteiger partial charge is 0.248 e. The summed E-state index contributed by atoms with van der Waals surface area (Å²) in [5.41, 5.74) is 7.45. The van der Waals surface area contributed by atoms with Gasteiger partial charge in [-0.05, 0) is 31.0 Å². The Balaban J connectivity index is 2.13. The zero-order valence-corrected chi connectivity index (χ0v) is 15.5. The van der Waals surface area contributed by atoms with E-state index in [1.165, 1.54) is 0 Å². The summed E-state index contributed by atoms with van der Waals surface area (Å²) >= 11 is 0. The second-order valence-corrected chi connectivity index (χ2v) is 6.17. The first kappa shape index (κ1) is 18.7. The number of aliphatic hydroxyl groups is 1. The fraction of sp³-hybridized carbons (Fsp3) is 0.389. The summed E-state index contributed by atoms with van der Waals surface area (Å²) in [7, 11) is 3.11. The first-order valence-corrected chi connectivity index (χ1v) is 8.56. The van der Waals surface area contributed by atoms with E-state index in [9.17, 15) is 4.79 Å². The number of aromatic nitrogens is 3. The van der Waals surface area contributed by atoms with Crippen LogP contribution in [0.25, 0.3) is 0 Å². The van der Waals surface area contributed by atoms with E-state index in [-0.39, 0.29) is 6.61 Å². The molecule has 1 aromatic carbocycles. The molecule has 4 N–H and O–H groups in total. The van der Waals surface area contributed by atoms with Gasteiger partial charge in [-0.1, -0.05) is 6.07 Å². The number of aliphatic hydroxyl groups excluding tert-OH is 1. The van der Waals surface area contributed by atoms with Gasteiger partial charge < -0.3 is 25.6 Å². The van der Waals surface area contributed by atoms with E-state index in [2.05, 4.69) is 15.4 Å². The summed E-state index contributed by atoms with van der Waals surface area (Å²) in [6, 6.07) is 4.86. The molecule has 1 aliphatic heterocycles. The molecule has 9 nitrogen and oxygen atoms in total. The topological polar surface area (TPSA) is 125 Å². The molecule has 9 heteroatoms. The number of ether oxygens (including phenoxy) is 2. The third-order valence-corrected chi connectivity index (χ3v) is 4.44. The maximum Gasteiger partial charge on any atom is 0.248 e.